The largest absolute Gasteiger partial charge is 0.493 e. The second kappa shape index (κ2) is 15.7. The first kappa shape index (κ1) is 30.7. The quantitative estimate of drug-likeness (QED) is 0.0596. The molecule has 43 heavy (non-hydrogen) atoms. The topological polar surface area (TPSA) is 143 Å². The molecule has 0 spiro atoms. The molecular weight excluding hydrogens is 557 g/mol. The van der Waals surface area contributed by atoms with Crippen molar-refractivity contribution >= 4 is 34.7 Å². The number of benzene rings is 3. The summed E-state index contributed by atoms with van der Waals surface area (Å²) in [6.45, 7) is 0.473. The van der Waals surface area contributed by atoms with Gasteiger partial charge in [0.05, 0.1) is 25.4 Å². The average molecular weight is 590 g/mol. The van der Waals surface area contributed by atoms with E-state index in [0.717, 1.165) is 24.6 Å². The lowest BCUT2D eigenvalue weighted by atomic mass is 10.1. The molecule has 0 aliphatic carbocycles. The van der Waals surface area contributed by atoms with Crippen molar-refractivity contribution in [3.8, 4) is 23.0 Å². The lowest BCUT2D eigenvalue weighted by Gasteiger charge is -2.14. The lowest BCUT2D eigenvalue weighted by Crippen LogP contribution is -2.24. The number of rotatable bonds is 14. The van der Waals surface area contributed by atoms with E-state index < -0.39 is 11.8 Å². The molecule has 0 aliphatic rings. The molecule has 0 bridgehead atoms. The number of anilines is 1. The Kier molecular flexibility index (Phi) is 11.2. The van der Waals surface area contributed by atoms with E-state index in [0.29, 0.717) is 53.7 Å². The summed E-state index contributed by atoms with van der Waals surface area (Å²) in [6, 6.07) is 17.6. The number of pyridine rings is 1. The van der Waals surface area contributed by atoms with Crippen molar-refractivity contribution in [1.29, 1.82) is 0 Å². The lowest BCUT2D eigenvalue weighted by molar-refractivity contribution is -0.129. The third-order valence-corrected chi connectivity index (χ3v) is 6.28. The maximum absolute atomic E-state index is 13.7. The highest BCUT2D eigenvalue weighted by Gasteiger charge is 2.13. The van der Waals surface area contributed by atoms with E-state index in [2.05, 4.69) is 20.8 Å². The van der Waals surface area contributed by atoms with Gasteiger partial charge in [-0.15, -0.1) is 0 Å². The number of halogens is 1. The van der Waals surface area contributed by atoms with E-state index in [1.54, 1.807) is 73.4 Å². The number of carbonyl (C=O) groups is 2. The summed E-state index contributed by atoms with van der Waals surface area (Å²) >= 11 is 0. The van der Waals surface area contributed by atoms with Crippen LogP contribution in [0.5, 0.6) is 23.0 Å². The number of carbonyl (C=O) groups excluding carboxylic acids is 2. The van der Waals surface area contributed by atoms with Gasteiger partial charge in [-0.3, -0.25) is 15.0 Å². The number of urea groups is 1. The van der Waals surface area contributed by atoms with E-state index in [-0.39, 0.29) is 11.5 Å². The van der Waals surface area contributed by atoms with E-state index >= 15 is 0 Å². The van der Waals surface area contributed by atoms with Crippen LogP contribution in [0.25, 0.3) is 10.9 Å². The minimum Gasteiger partial charge on any atom is -0.493 e. The molecular formula is C31H32FN5O6. The Morgan fingerprint density at radius 1 is 0.977 bits per heavy atom. The summed E-state index contributed by atoms with van der Waals surface area (Å²) in [7, 11) is 1.56. The maximum atomic E-state index is 13.7. The van der Waals surface area contributed by atoms with Gasteiger partial charge in [0.25, 0.3) is 0 Å². The molecule has 0 atom stereocenters. The number of nitrogens with one attached hydrogen (secondary N) is 3. The van der Waals surface area contributed by atoms with Gasteiger partial charge in [0.15, 0.2) is 11.5 Å². The minimum absolute atomic E-state index is 0.255. The van der Waals surface area contributed by atoms with E-state index in [9.17, 15) is 14.0 Å². The van der Waals surface area contributed by atoms with Crippen LogP contribution in [-0.4, -0.2) is 42.1 Å². The molecule has 12 heteroatoms. The van der Waals surface area contributed by atoms with Gasteiger partial charge in [-0.2, -0.15) is 5.10 Å². The fraction of sp³-hybridized carbons (Fsp3) is 0.226. The van der Waals surface area contributed by atoms with Crippen molar-refractivity contribution in [2.75, 3.05) is 19.0 Å². The van der Waals surface area contributed by atoms with Crippen molar-refractivity contribution in [1.82, 2.24) is 15.9 Å². The maximum Gasteiger partial charge on any atom is 0.339 e. The Labute approximate surface area is 247 Å². The highest BCUT2D eigenvalue weighted by atomic mass is 19.1. The first-order valence-electron chi connectivity index (χ1n) is 13.6. The first-order chi connectivity index (χ1) is 21.0. The van der Waals surface area contributed by atoms with E-state index in [1.165, 1.54) is 12.3 Å². The molecule has 0 saturated heterocycles. The van der Waals surface area contributed by atoms with Gasteiger partial charge in [0.1, 0.15) is 17.3 Å². The van der Waals surface area contributed by atoms with Gasteiger partial charge >= 0.3 is 6.03 Å². The van der Waals surface area contributed by atoms with Crippen molar-refractivity contribution in [2.45, 2.75) is 32.1 Å². The van der Waals surface area contributed by atoms with Crippen molar-refractivity contribution in [3.05, 3.63) is 84.3 Å². The summed E-state index contributed by atoms with van der Waals surface area (Å²) < 4.78 is 31.3. The average Bonchev–Trinajstić information content (AvgIpc) is 3.02. The number of amides is 3. The summed E-state index contributed by atoms with van der Waals surface area (Å²) in [5.41, 5.74) is 5.35. The van der Waals surface area contributed by atoms with Gasteiger partial charge < -0.3 is 19.5 Å². The van der Waals surface area contributed by atoms with Crippen LogP contribution in [0.15, 0.2) is 78.0 Å². The number of methoxy groups -OCH3 is 1. The standard InChI is InChI=1S/C31H32FN5O6/c1-41-28-18-24-26(19-29(28)42-17-7-3-2-4-10-30(38)37-40)33-16-15-27(24)43-23-13-11-22(12-14-23)35-31(39)36-34-20-21-8-5-6-9-25(21)32/h5-6,8-9,11-16,18-20,40H,2-4,7,10,17H2,1H3,(H,37,38)(H2,35,36,39)/b34-20+. The highest BCUT2D eigenvalue weighted by Crippen LogP contribution is 2.37. The normalized spacial score (nSPS) is 10.9. The molecule has 4 N–H and O–H groups in total. The molecule has 3 aromatic carbocycles. The van der Waals surface area contributed by atoms with Crippen molar-refractivity contribution in [2.24, 2.45) is 5.10 Å². The fourth-order valence-corrected chi connectivity index (χ4v) is 4.10. The van der Waals surface area contributed by atoms with Gasteiger partial charge in [-0.25, -0.2) is 20.1 Å². The van der Waals surface area contributed by atoms with Crippen molar-refractivity contribution < 1.29 is 33.4 Å². The molecule has 0 fully saturated rings. The molecule has 0 saturated carbocycles. The smallest absolute Gasteiger partial charge is 0.339 e. The Hall–Kier alpha value is -5.23. The van der Waals surface area contributed by atoms with Crippen LogP contribution in [0.3, 0.4) is 0 Å². The Bertz CT molecular complexity index is 1560. The first-order valence-corrected chi connectivity index (χ1v) is 13.6. The number of fused-ring (bicyclic) bond motifs is 1. The molecule has 4 aromatic rings. The number of ether oxygens (including phenoxy) is 3. The zero-order valence-corrected chi connectivity index (χ0v) is 23.5. The third kappa shape index (κ3) is 9.13. The van der Waals surface area contributed by atoms with Crippen LogP contribution in [0.2, 0.25) is 0 Å². The number of aromatic nitrogens is 1. The number of hydrogen-bond donors (Lipinski definition) is 4. The van der Waals surface area contributed by atoms with Gasteiger partial charge in [0, 0.05) is 35.3 Å². The Morgan fingerprint density at radius 3 is 2.53 bits per heavy atom. The van der Waals surface area contributed by atoms with Crippen LogP contribution >= 0.6 is 0 Å². The molecule has 1 aromatic heterocycles. The number of nitrogens with zero attached hydrogens (tertiary/aromatic N) is 2. The molecule has 224 valence electrons. The Balaban J connectivity index is 1.32. The molecule has 11 nitrogen and oxygen atoms in total. The summed E-state index contributed by atoms with van der Waals surface area (Å²) in [6.07, 6.45) is 6.38. The fourth-order valence-electron chi connectivity index (χ4n) is 4.10. The van der Waals surface area contributed by atoms with Gasteiger partial charge in [-0.1, -0.05) is 31.0 Å². The molecule has 0 unspecified atom stereocenters. The summed E-state index contributed by atoms with van der Waals surface area (Å²) in [4.78, 5) is 27.7. The molecule has 0 aliphatic heterocycles. The Morgan fingerprint density at radius 2 is 1.77 bits per heavy atom. The van der Waals surface area contributed by atoms with Crippen molar-refractivity contribution in [3.63, 3.8) is 0 Å². The zero-order chi connectivity index (χ0) is 30.4. The monoisotopic (exact) mass is 589 g/mol. The van der Waals surface area contributed by atoms with E-state index in [1.807, 2.05) is 6.07 Å². The predicted molar refractivity (Wildman–Crippen MR) is 159 cm³/mol. The van der Waals surface area contributed by atoms with Crippen LogP contribution in [0, 0.1) is 5.82 Å². The number of hydrogen-bond acceptors (Lipinski definition) is 8. The molecule has 3 amide bonds. The number of hydrazone groups is 1. The number of hydroxylamine groups is 1. The van der Waals surface area contributed by atoms with Crippen LogP contribution in [0.1, 0.15) is 37.7 Å². The highest BCUT2D eigenvalue weighted by molar-refractivity contribution is 5.91. The SMILES string of the molecule is COc1cc2c(Oc3ccc(NC(=O)N/N=C/c4ccccc4F)cc3)ccnc2cc1OCCCCCCC(=O)NO. The van der Waals surface area contributed by atoms with Crippen LogP contribution in [0.4, 0.5) is 14.9 Å². The second-order valence-electron chi connectivity index (χ2n) is 9.35. The number of unbranched alkanes of at least 4 members (excludes halogenated alkanes) is 3. The second-order valence-corrected chi connectivity index (χ2v) is 9.35. The third-order valence-electron chi connectivity index (χ3n) is 6.28. The van der Waals surface area contributed by atoms with Crippen LogP contribution in [-0.2, 0) is 4.79 Å². The zero-order valence-electron chi connectivity index (χ0n) is 23.5. The summed E-state index contributed by atoms with van der Waals surface area (Å²) in [5, 5.41) is 15.7. The molecule has 4 rings (SSSR count). The van der Waals surface area contributed by atoms with E-state index in [4.69, 9.17) is 19.4 Å². The van der Waals surface area contributed by atoms with Gasteiger partial charge in [0.2, 0.25) is 5.91 Å². The summed E-state index contributed by atoms with van der Waals surface area (Å²) in [5.74, 6) is 1.37. The molecule has 1 heterocycles. The molecule has 0 radical (unpaired) electrons. The minimum atomic E-state index is -0.585. The van der Waals surface area contributed by atoms with Crippen LogP contribution < -0.4 is 30.4 Å². The predicted octanol–water partition coefficient (Wildman–Crippen LogP) is 6.17. The van der Waals surface area contributed by atoms with Gasteiger partial charge in [-0.05, 0) is 55.3 Å².